The molecule has 0 amide bonds. The number of fused-ring (bicyclic) bond motifs is 14. The van der Waals surface area contributed by atoms with E-state index < -0.39 is 5.41 Å². The van der Waals surface area contributed by atoms with Crippen molar-refractivity contribution in [1.29, 1.82) is 0 Å². The van der Waals surface area contributed by atoms with E-state index in [1.807, 2.05) is 0 Å². The molecule has 1 aliphatic heterocycles. The van der Waals surface area contributed by atoms with Gasteiger partial charge in [0.2, 0.25) is 0 Å². The van der Waals surface area contributed by atoms with Gasteiger partial charge < -0.3 is 9.80 Å². The first-order valence-corrected chi connectivity index (χ1v) is 22.5. The van der Waals surface area contributed by atoms with Gasteiger partial charge in [-0.15, -0.1) is 0 Å². The van der Waals surface area contributed by atoms with Gasteiger partial charge in [0.25, 0.3) is 0 Å². The van der Waals surface area contributed by atoms with Crippen LogP contribution in [-0.2, 0) is 5.41 Å². The van der Waals surface area contributed by atoms with Crippen LogP contribution in [0.3, 0.4) is 0 Å². The van der Waals surface area contributed by atoms with E-state index in [0.717, 1.165) is 34.1 Å². The summed E-state index contributed by atoms with van der Waals surface area (Å²) >= 11 is 0. The highest BCUT2D eigenvalue weighted by Gasteiger charge is 2.48. The van der Waals surface area contributed by atoms with Gasteiger partial charge >= 0.3 is 0 Å². The molecule has 10 aromatic rings. The first kappa shape index (κ1) is 37.1. The lowest BCUT2D eigenvalue weighted by Crippen LogP contribution is -2.30. The molecule has 2 aliphatic carbocycles. The molecule has 0 aromatic heterocycles. The van der Waals surface area contributed by atoms with E-state index >= 15 is 0 Å². The Bertz CT molecular complexity index is 3440. The molecule has 0 fully saturated rings. The van der Waals surface area contributed by atoms with Crippen LogP contribution in [0.2, 0.25) is 0 Å². The van der Waals surface area contributed by atoms with Gasteiger partial charge in [0.05, 0.1) is 16.8 Å². The van der Waals surface area contributed by atoms with Gasteiger partial charge in [-0.1, -0.05) is 194 Å². The quantitative estimate of drug-likeness (QED) is 0.171. The topological polar surface area (TPSA) is 6.48 Å². The van der Waals surface area contributed by atoms with Crippen LogP contribution in [0, 0.1) is 0 Å². The highest BCUT2D eigenvalue weighted by molar-refractivity contribution is 6.04. The van der Waals surface area contributed by atoms with E-state index in [2.05, 4.69) is 265 Å². The third-order valence-electron chi connectivity index (χ3n) is 13.8. The summed E-state index contributed by atoms with van der Waals surface area (Å²) in [4.78, 5) is 4.89. The molecule has 1 spiro atoms. The van der Waals surface area contributed by atoms with Crippen LogP contribution in [-0.4, -0.2) is 0 Å². The zero-order valence-electron chi connectivity index (χ0n) is 35.6. The number of hydrogen-bond acceptors (Lipinski definition) is 2. The summed E-state index contributed by atoms with van der Waals surface area (Å²) in [6, 6.07) is 89.5. The zero-order chi connectivity index (χ0) is 42.9. The number of anilines is 6. The van der Waals surface area contributed by atoms with Crippen molar-refractivity contribution < 1.29 is 0 Å². The third-order valence-corrected chi connectivity index (χ3v) is 13.8. The molecule has 304 valence electrons. The average Bonchev–Trinajstić information content (AvgIpc) is 3.49. The van der Waals surface area contributed by atoms with Gasteiger partial charge in [0, 0.05) is 33.9 Å². The lowest BCUT2D eigenvalue weighted by molar-refractivity contribution is 0.766. The smallest absolute Gasteiger partial charge is 0.0725 e. The summed E-state index contributed by atoms with van der Waals surface area (Å²) in [7, 11) is 0. The van der Waals surface area contributed by atoms with E-state index in [9.17, 15) is 0 Å². The highest BCUT2D eigenvalue weighted by Crippen LogP contribution is 2.60. The Hall–Kier alpha value is -8.46. The first-order chi connectivity index (χ1) is 32.3. The standard InChI is InChI=1S/C63H42N2/c1-3-17-43(18-4-1)44-33-35-48(36-34-44)64(49-38-40-62-56(41-49)52-24-10-9-23-51(52)55-26-12-16-30-61(55)65(62)47-21-5-2-6-22-47)50-37-39-54-53-25-11-15-29-59(53)63(60(54)42-50)57-27-13-7-19-45(57)31-32-46-20-8-14-28-58(46)63/h1-42H. The first-order valence-electron chi connectivity index (χ1n) is 22.5. The number of para-hydroxylation sites is 2. The molecule has 0 bridgehead atoms. The monoisotopic (exact) mass is 826 g/mol. The van der Waals surface area contributed by atoms with Gasteiger partial charge in [0.1, 0.15) is 0 Å². The van der Waals surface area contributed by atoms with E-state index in [-0.39, 0.29) is 0 Å². The largest absolute Gasteiger partial charge is 0.310 e. The Morgan fingerprint density at radius 2 is 0.769 bits per heavy atom. The molecule has 0 saturated carbocycles. The van der Waals surface area contributed by atoms with Gasteiger partial charge in [-0.25, -0.2) is 0 Å². The van der Waals surface area contributed by atoms with Gasteiger partial charge in [-0.3, -0.25) is 0 Å². The summed E-state index contributed by atoms with van der Waals surface area (Å²) in [6.45, 7) is 0. The summed E-state index contributed by atoms with van der Waals surface area (Å²) in [6.07, 6.45) is 4.61. The normalized spacial score (nSPS) is 13.3. The van der Waals surface area contributed by atoms with Crippen LogP contribution in [0.15, 0.2) is 243 Å². The Morgan fingerprint density at radius 3 is 1.48 bits per heavy atom. The van der Waals surface area contributed by atoms with Crippen molar-refractivity contribution in [2.24, 2.45) is 0 Å². The molecule has 13 rings (SSSR count). The predicted molar refractivity (Wildman–Crippen MR) is 272 cm³/mol. The summed E-state index contributed by atoms with van der Waals surface area (Å²) in [5.74, 6) is 0. The fourth-order valence-corrected chi connectivity index (χ4v) is 11.1. The van der Waals surface area contributed by atoms with Gasteiger partial charge in [0.15, 0.2) is 0 Å². The van der Waals surface area contributed by atoms with Gasteiger partial charge in [-0.2, -0.15) is 0 Å². The maximum Gasteiger partial charge on any atom is 0.0725 e. The molecule has 0 N–H and O–H groups in total. The minimum atomic E-state index is -0.546. The number of benzene rings is 10. The lowest BCUT2D eigenvalue weighted by atomic mass is 9.66. The van der Waals surface area contributed by atoms with Crippen molar-refractivity contribution in [1.82, 2.24) is 0 Å². The maximum absolute atomic E-state index is 2.49. The molecular formula is C63H42N2. The van der Waals surface area contributed by atoms with Crippen LogP contribution in [0.4, 0.5) is 34.1 Å². The van der Waals surface area contributed by atoms with Crippen LogP contribution in [0.5, 0.6) is 0 Å². The van der Waals surface area contributed by atoms with E-state index in [1.165, 1.54) is 77.9 Å². The number of rotatable bonds is 5. The minimum absolute atomic E-state index is 0.546. The second-order valence-corrected chi connectivity index (χ2v) is 17.2. The van der Waals surface area contributed by atoms with Crippen LogP contribution < -0.4 is 9.80 Å². The number of nitrogens with zero attached hydrogens (tertiary/aromatic N) is 2. The molecule has 65 heavy (non-hydrogen) atoms. The van der Waals surface area contributed by atoms with E-state index in [1.54, 1.807) is 0 Å². The van der Waals surface area contributed by atoms with Crippen LogP contribution >= 0.6 is 0 Å². The Kier molecular flexibility index (Phi) is 8.47. The van der Waals surface area contributed by atoms with Crippen molar-refractivity contribution in [2.45, 2.75) is 5.41 Å². The Labute approximate surface area is 380 Å². The van der Waals surface area contributed by atoms with Crippen molar-refractivity contribution in [3.05, 3.63) is 276 Å². The molecule has 3 aliphatic rings. The Balaban J connectivity index is 1.07. The second-order valence-electron chi connectivity index (χ2n) is 17.2. The van der Waals surface area contributed by atoms with E-state index in [4.69, 9.17) is 0 Å². The van der Waals surface area contributed by atoms with Crippen molar-refractivity contribution in [2.75, 3.05) is 9.80 Å². The molecule has 1 heterocycles. The Morgan fingerprint density at radius 1 is 0.292 bits per heavy atom. The minimum Gasteiger partial charge on any atom is -0.310 e. The molecule has 2 heteroatoms. The summed E-state index contributed by atoms with van der Waals surface area (Å²) < 4.78 is 0. The van der Waals surface area contributed by atoms with Crippen LogP contribution in [0.1, 0.15) is 33.4 Å². The molecule has 0 saturated heterocycles. The molecule has 2 nitrogen and oxygen atoms in total. The maximum atomic E-state index is 2.49. The molecule has 0 radical (unpaired) electrons. The lowest BCUT2D eigenvalue weighted by Gasteiger charge is -2.36. The fourth-order valence-electron chi connectivity index (χ4n) is 11.1. The van der Waals surface area contributed by atoms with Crippen molar-refractivity contribution >= 4 is 46.3 Å². The highest BCUT2D eigenvalue weighted by atomic mass is 15.2. The average molecular weight is 827 g/mol. The van der Waals surface area contributed by atoms with Crippen molar-refractivity contribution in [3.63, 3.8) is 0 Å². The second kappa shape index (κ2) is 14.8. The molecule has 0 unspecified atom stereocenters. The van der Waals surface area contributed by atoms with Crippen LogP contribution in [0.25, 0.3) is 56.7 Å². The molecular weight excluding hydrogens is 785 g/mol. The summed E-state index contributed by atoms with van der Waals surface area (Å²) in [5.41, 5.74) is 23.5. The zero-order valence-corrected chi connectivity index (χ0v) is 35.6. The predicted octanol–water partition coefficient (Wildman–Crippen LogP) is 16.8. The third kappa shape index (κ3) is 5.67. The summed E-state index contributed by atoms with van der Waals surface area (Å²) in [5, 5.41) is 0. The van der Waals surface area contributed by atoms with Crippen molar-refractivity contribution in [3.8, 4) is 44.5 Å². The number of hydrogen-bond donors (Lipinski definition) is 0. The van der Waals surface area contributed by atoms with Gasteiger partial charge in [-0.05, 0) is 127 Å². The molecule has 10 aromatic carbocycles. The van der Waals surface area contributed by atoms with E-state index in [0.29, 0.717) is 0 Å². The molecule has 0 atom stereocenters. The SMILES string of the molecule is C1=Cc2ccccc2C2(c3ccccc31)c1ccccc1-c1ccc(N(c3ccc(-c4ccccc4)cc3)c3ccc4c(c3)-c3ccccc3-c3ccccc3N4c3ccccc3)cc12. The fraction of sp³-hybridized carbons (Fsp3) is 0.0159.